The molecule has 4 heteroatoms. The van der Waals surface area contributed by atoms with E-state index >= 15 is 0 Å². The van der Waals surface area contributed by atoms with Gasteiger partial charge in [0.25, 0.3) is 0 Å². The van der Waals surface area contributed by atoms with Crippen molar-refractivity contribution in [3.8, 4) is 0 Å². The van der Waals surface area contributed by atoms with Gasteiger partial charge in [-0.05, 0) is 103 Å². The summed E-state index contributed by atoms with van der Waals surface area (Å²) in [5.41, 5.74) is 4.17. The van der Waals surface area contributed by atoms with Crippen LogP contribution in [0.4, 0.5) is 0 Å². The Hall–Kier alpha value is -1.65. The summed E-state index contributed by atoms with van der Waals surface area (Å²) in [6.07, 6.45) is 12.1. The number of fused-ring (bicyclic) bond motifs is 5. The van der Waals surface area contributed by atoms with Crippen LogP contribution in [0.3, 0.4) is 0 Å². The molecule has 3 saturated carbocycles. The first-order chi connectivity index (χ1) is 19.0. The molecule has 0 aliphatic heterocycles. The monoisotopic (exact) mass is 576 g/mol. The third-order valence-electron chi connectivity index (χ3n) is 12.9. The molecule has 7 atom stereocenters. The van der Waals surface area contributed by atoms with Crippen molar-refractivity contribution in [3.05, 3.63) is 59.2 Å². The summed E-state index contributed by atoms with van der Waals surface area (Å²) in [5.74, 6) is 2.39. The Kier molecular flexibility index (Phi) is 7.89. The van der Waals surface area contributed by atoms with E-state index in [1.807, 2.05) is 30.3 Å². The van der Waals surface area contributed by atoms with E-state index in [0.717, 1.165) is 25.4 Å². The lowest BCUT2D eigenvalue weighted by molar-refractivity contribution is -0.0397. The second kappa shape index (κ2) is 10.5. The maximum absolute atomic E-state index is 13.0. The Morgan fingerprint density at radius 1 is 0.951 bits per heavy atom. The molecule has 41 heavy (non-hydrogen) atoms. The Bertz CT molecular complexity index is 1200. The lowest BCUT2D eigenvalue weighted by Crippen LogP contribution is -2.52. The molecule has 0 unspecified atom stereocenters. The molecule has 0 amide bonds. The average Bonchev–Trinajstić information content (AvgIpc) is 3.26. The minimum absolute atomic E-state index is 0.101. The minimum atomic E-state index is -1.74. The summed E-state index contributed by atoms with van der Waals surface area (Å²) < 4.78 is 13.0. The second-order valence-corrected chi connectivity index (χ2v) is 21.4. The first kappa shape index (κ1) is 30.8. The molecule has 4 aliphatic rings. The van der Waals surface area contributed by atoms with Crippen molar-refractivity contribution in [1.82, 2.24) is 0 Å². The zero-order valence-corrected chi connectivity index (χ0v) is 28.6. The van der Waals surface area contributed by atoms with Crippen LogP contribution >= 0.6 is 0 Å². The van der Waals surface area contributed by atoms with Gasteiger partial charge in [-0.1, -0.05) is 96.9 Å². The van der Waals surface area contributed by atoms with Crippen LogP contribution in [0.15, 0.2) is 53.6 Å². The SMILES string of the molecule is C[C@H](CO[Si](C)(C)C(C)(C)C)[C@H]1CC[C@H]2C3=CC=C4C(C)(C)[C@@H](OC(=O)c5ccccc5)CC[C@]4(C)[C@H]3CC[C@]12C. The molecule has 1 aromatic rings. The molecule has 0 saturated heterocycles. The number of allylic oxidation sites excluding steroid dienone is 3. The van der Waals surface area contributed by atoms with Gasteiger partial charge in [0.05, 0.1) is 5.56 Å². The molecule has 0 spiro atoms. The number of esters is 1. The molecule has 0 heterocycles. The minimum Gasteiger partial charge on any atom is -0.458 e. The van der Waals surface area contributed by atoms with E-state index in [1.165, 1.54) is 31.3 Å². The van der Waals surface area contributed by atoms with E-state index in [2.05, 4.69) is 80.6 Å². The van der Waals surface area contributed by atoms with Crippen molar-refractivity contribution < 1.29 is 14.0 Å². The van der Waals surface area contributed by atoms with E-state index in [9.17, 15) is 4.79 Å². The number of carbonyl (C=O) groups excluding carboxylic acids is 1. The average molecular weight is 577 g/mol. The molecule has 5 rings (SSSR count). The Morgan fingerprint density at radius 3 is 2.29 bits per heavy atom. The first-order valence-corrected chi connectivity index (χ1v) is 19.3. The third kappa shape index (κ3) is 5.13. The van der Waals surface area contributed by atoms with E-state index in [1.54, 1.807) is 5.57 Å². The van der Waals surface area contributed by atoms with E-state index in [0.29, 0.717) is 28.7 Å². The quantitative estimate of drug-likeness (QED) is 0.250. The lowest BCUT2D eigenvalue weighted by Gasteiger charge is -2.58. The lowest BCUT2D eigenvalue weighted by atomic mass is 9.47. The van der Waals surface area contributed by atoms with Gasteiger partial charge in [0.15, 0.2) is 8.32 Å². The topological polar surface area (TPSA) is 35.5 Å². The maximum Gasteiger partial charge on any atom is 0.338 e. The molecule has 3 nitrogen and oxygen atoms in total. The number of benzene rings is 1. The number of ether oxygens (including phenoxy) is 1. The highest BCUT2D eigenvalue weighted by atomic mass is 28.4. The molecule has 0 aromatic heterocycles. The standard InChI is InChI=1S/C37H56O3Si/c1-25(24-39-41(9,10)34(2,3)4)28-17-18-29-27-16-19-31-35(5,6)32(40-33(38)26-14-12-11-13-15-26)21-23-37(31,8)30(27)20-22-36(28,29)7/h11-16,19,25,28-30,32H,17-18,20-24H2,1-10H3/t25-,28-,29+,30+,32+,36-,37-/m1/s1. The predicted octanol–water partition coefficient (Wildman–Crippen LogP) is 10.0. The zero-order chi connectivity index (χ0) is 30.0. The van der Waals surface area contributed by atoms with Crippen LogP contribution < -0.4 is 0 Å². The fourth-order valence-electron chi connectivity index (χ4n) is 9.32. The molecular formula is C37H56O3Si. The van der Waals surface area contributed by atoms with Gasteiger partial charge >= 0.3 is 5.97 Å². The van der Waals surface area contributed by atoms with Crippen molar-refractivity contribution in [2.45, 2.75) is 118 Å². The number of hydrogen-bond donors (Lipinski definition) is 0. The van der Waals surface area contributed by atoms with Crippen LogP contribution in [-0.2, 0) is 9.16 Å². The van der Waals surface area contributed by atoms with Gasteiger partial charge in [-0.15, -0.1) is 0 Å². The second-order valence-electron chi connectivity index (χ2n) is 16.6. The van der Waals surface area contributed by atoms with Gasteiger partial charge in [-0.3, -0.25) is 0 Å². The summed E-state index contributed by atoms with van der Waals surface area (Å²) >= 11 is 0. The van der Waals surface area contributed by atoms with Crippen LogP contribution in [0.5, 0.6) is 0 Å². The Balaban J connectivity index is 1.35. The molecule has 0 bridgehead atoms. The van der Waals surface area contributed by atoms with Gasteiger partial charge in [-0.25, -0.2) is 4.79 Å². The summed E-state index contributed by atoms with van der Waals surface area (Å²) in [5, 5.41) is 0.256. The highest BCUT2D eigenvalue weighted by Crippen LogP contribution is 2.67. The van der Waals surface area contributed by atoms with Gasteiger partial charge in [-0.2, -0.15) is 0 Å². The zero-order valence-electron chi connectivity index (χ0n) is 27.6. The van der Waals surface area contributed by atoms with Crippen molar-refractivity contribution in [1.29, 1.82) is 0 Å². The smallest absolute Gasteiger partial charge is 0.338 e. The van der Waals surface area contributed by atoms with Crippen molar-refractivity contribution >= 4 is 14.3 Å². The van der Waals surface area contributed by atoms with Crippen LogP contribution in [0.2, 0.25) is 18.1 Å². The summed E-state index contributed by atoms with van der Waals surface area (Å²) in [6, 6.07) is 9.45. The Morgan fingerprint density at radius 2 is 1.63 bits per heavy atom. The number of carbonyl (C=O) groups is 1. The molecule has 226 valence electrons. The van der Waals surface area contributed by atoms with Gasteiger partial charge in [0.1, 0.15) is 6.10 Å². The van der Waals surface area contributed by atoms with Crippen molar-refractivity contribution in [2.24, 2.45) is 39.9 Å². The summed E-state index contributed by atoms with van der Waals surface area (Å²) in [6.45, 7) is 24.9. The fourth-order valence-corrected chi connectivity index (χ4v) is 10.4. The molecule has 0 N–H and O–H groups in total. The Labute approximate surface area is 251 Å². The summed E-state index contributed by atoms with van der Waals surface area (Å²) in [7, 11) is -1.74. The van der Waals surface area contributed by atoms with Crippen LogP contribution in [-0.4, -0.2) is 27.0 Å². The van der Waals surface area contributed by atoms with Crippen molar-refractivity contribution in [3.63, 3.8) is 0 Å². The van der Waals surface area contributed by atoms with Crippen LogP contribution in [0.25, 0.3) is 0 Å². The predicted molar refractivity (Wildman–Crippen MR) is 172 cm³/mol. The van der Waals surface area contributed by atoms with E-state index in [4.69, 9.17) is 9.16 Å². The van der Waals surface area contributed by atoms with Crippen LogP contribution in [0, 0.1) is 39.9 Å². The molecule has 4 aliphatic carbocycles. The molecule has 1 aromatic carbocycles. The highest BCUT2D eigenvalue weighted by molar-refractivity contribution is 6.74. The maximum atomic E-state index is 13.0. The highest BCUT2D eigenvalue weighted by Gasteiger charge is 2.60. The van der Waals surface area contributed by atoms with Gasteiger partial charge in [0, 0.05) is 12.0 Å². The number of rotatable bonds is 6. The summed E-state index contributed by atoms with van der Waals surface area (Å²) in [4.78, 5) is 13.0. The molecular weight excluding hydrogens is 520 g/mol. The van der Waals surface area contributed by atoms with Crippen molar-refractivity contribution in [2.75, 3.05) is 6.61 Å². The van der Waals surface area contributed by atoms with Gasteiger partial charge < -0.3 is 9.16 Å². The normalized spacial score (nSPS) is 35.4. The largest absolute Gasteiger partial charge is 0.458 e. The fraction of sp³-hybridized carbons (Fsp3) is 0.703. The molecule has 0 radical (unpaired) electrons. The van der Waals surface area contributed by atoms with E-state index < -0.39 is 8.32 Å². The van der Waals surface area contributed by atoms with E-state index in [-0.39, 0.29) is 27.9 Å². The first-order valence-electron chi connectivity index (χ1n) is 16.3. The van der Waals surface area contributed by atoms with Gasteiger partial charge in [0.2, 0.25) is 0 Å². The third-order valence-corrected chi connectivity index (χ3v) is 17.4. The molecule has 3 fully saturated rings. The van der Waals surface area contributed by atoms with Crippen LogP contribution in [0.1, 0.15) is 104 Å². The number of hydrogen-bond acceptors (Lipinski definition) is 3.